The van der Waals surface area contributed by atoms with Crippen molar-refractivity contribution in [1.29, 1.82) is 0 Å². The second-order valence-corrected chi connectivity index (χ2v) is 5.71. The van der Waals surface area contributed by atoms with E-state index in [-0.39, 0.29) is 11.3 Å². The van der Waals surface area contributed by atoms with E-state index < -0.39 is 17.6 Å². The summed E-state index contributed by atoms with van der Waals surface area (Å²) < 4.78 is 50.5. The Balaban J connectivity index is 2.02. The van der Waals surface area contributed by atoms with Crippen LogP contribution in [0.25, 0.3) is 5.65 Å². The number of nitrogens with one attached hydrogen (secondary N) is 1. The molecule has 2 heterocycles. The van der Waals surface area contributed by atoms with Gasteiger partial charge < -0.3 is 14.8 Å². The zero-order valence-electron chi connectivity index (χ0n) is 14.7. The average molecular weight is 379 g/mol. The maximum atomic E-state index is 13.0. The number of benzene rings is 1. The molecule has 9 heteroatoms. The fourth-order valence-corrected chi connectivity index (χ4v) is 2.69. The number of aromatic nitrogens is 2. The molecule has 2 aromatic heterocycles. The van der Waals surface area contributed by atoms with Crippen LogP contribution in [0.3, 0.4) is 0 Å². The van der Waals surface area contributed by atoms with Gasteiger partial charge in [-0.1, -0.05) is 0 Å². The lowest BCUT2D eigenvalue weighted by Crippen LogP contribution is -2.17. The molecule has 1 aromatic carbocycles. The lowest BCUT2D eigenvalue weighted by Gasteiger charge is -2.12. The van der Waals surface area contributed by atoms with Crippen LogP contribution in [0, 0.1) is 6.92 Å². The molecule has 0 unspecified atom stereocenters. The molecule has 0 aliphatic heterocycles. The molecule has 0 bridgehead atoms. The average Bonchev–Trinajstić information content (AvgIpc) is 2.96. The number of anilines is 1. The number of nitrogens with zero attached hydrogens (tertiary/aromatic N) is 2. The van der Waals surface area contributed by atoms with Crippen LogP contribution in [0.2, 0.25) is 0 Å². The van der Waals surface area contributed by atoms with E-state index in [0.717, 1.165) is 16.7 Å². The molecule has 0 fully saturated rings. The molecule has 1 amide bonds. The van der Waals surface area contributed by atoms with E-state index in [2.05, 4.69) is 10.3 Å². The number of halogens is 3. The van der Waals surface area contributed by atoms with Crippen LogP contribution in [0.4, 0.5) is 18.9 Å². The summed E-state index contributed by atoms with van der Waals surface area (Å²) in [7, 11) is 2.92. The third-order valence-corrected chi connectivity index (χ3v) is 3.99. The van der Waals surface area contributed by atoms with Crippen LogP contribution in [-0.4, -0.2) is 29.5 Å². The number of alkyl halides is 3. The minimum Gasteiger partial charge on any atom is -0.497 e. The van der Waals surface area contributed by atoms with Crippen LogP contribution < -0.4 is 14.8 Å². The summed E-state index contributed by atoms with van der Waals surface area (Å²) in [5, 5.41) is 2.64. The largest absolute Gasteiger partial charge is 0.497 e. The molecule has 0 radical (unpaired) electrons. The van der Waals surface area contributed by atoms with Crippen molar-refractivity contribution < 1.29 is 27.4 Å². The minimum atomic E-state index is -4.53. The van der Waals surface area contributed by atoms with E-state index in [1.165, 1.54) is 20.3 Å². The van der Waals surface area contributed by atoms with E-state index in [4.69, 9.17) is 9.47 Å². The summed E-state index contributed by atoms with van der Waals surface area (Å²) in [4.78, 5) is 16.9. The summed E-state index contributed by atoms with van der Waals surface area (Å²) in [5.74, 6) is 0.276. The predicted molar refractivity (Wildman–Crippen MR) is 92.4 cm³/mol. The lowest BCUT2D eigenvalue weighted by atomic mass is 10.2. The Kier molecular flexibility index (Phi) is 4.69. The van der Waals surface area contributed by atoms with Crippen LogP contribution in [0.1, 0.15) is 21.7 Å². The van der Waals surface area contributed by atoms with Crippen molar-refractivity contribution in [3.05, 3.63) is 53.5 Å². The number of methoxy groups -OCH3 is 2. The standard InChI is InChI=1S/C18H16F3N3O3/c1-10-16(24-9-11(18(19,20)21)4-7-15(24)22-10)17(25)23-13-6-5-12(26-2)8-14(13)27-3/h4-9H,1-3H3,(H,23,25). The Hall–Kier alpha value is -3.23. The summed E-state index contributed by atoms with van der Waals surface area (Å²) in [6.07, 6.45) is -3.67. The van der Waals surface area contributed by atoms with Gasteiger partial charge in [-0.05, 0) is 31.2 Å². The van der Waals surface area contributed by atoms with Gasteiger partial charge in [0.25, 0.3) is 5.91 Å². The van der Waals surface area contributed by atoms with E-state index in [0.29, 0.717) is 22.9 Å². The summed E-state index contributed by atoms with van der Waals surface area (Å²) >= 11 is 0. The topological polar surface area (TPSA) is 64.9 Å². The number of carbonyl (C=O) groups excluding carboxylic acids is 1. The molecule has 0 spiro atoms. The third kappa shape index (κ3) is 3.53. The molecule has 3 aromatic rings. The van der Waals surface area contributed by atoms with Crippen LogP contribution in [-0.2, 0) is 6.18 Å². The van der Waals surface area contributed by atoms with E-state index in [1.54, 1.807) is 25.1 Å². The van der Waals surface area contributed by atoms with Crippen molar-refractivity contribution in [1.82, 2.24) is 9.38 Å². The molecule has 0 aliphatic rings. The molecule has 27 heavy (non-hydrogen) atoms. The first-order valence-electron chi connectivity index (χ1n) is 7.84. The number of pyridine rings is 1. The summed E-state index contributed by atoms with van der Waals surface area (Å²) in [6, 6.07) is 6.94. The van der Waals surface area contributed by atoms with Gasteiger partial charge in [0.05, 0.1) is 31.2 Å². The third-order valence-electron chi connectivity index (χ3n) is 3.99. The molecule has 1 N–H and O–H groups in total. The van der Waals surface area contributed by atoms with Gasteiger partial charge in [0.1, 0.15) is 22.8 Å². The second-order valence-electron chi connectivity index (χ2n) is 5.71. The van der Waals surface area contributed by atoms with Gasteiger partial charge in [-0.25, -0.2) is 4.98 Å². The number of hydrogen-bond acceptors (Lipinski definition) is 4. The first-order valence-corrected chi connectivity index (χ1v) is 7.84. The Morgan fingerprint density at radius 2 is 1.89 bits per heavy atom. The van der Waals surface area contributed by atoms with Crippen LogP contribution in [0.15, 0.2) is 36.5 Å². The zero-order chi connectivity index (χ0) is 19.8. The Labute approximate surface area is 152 Å². The molecular weight excluding hydrogens is 363 g/mol. The molecule has 0 saturated heterocycles. The van der Waals surface area contributed by atoms with Crippen molar-refractivity contribution >= 4 is 17.2 Å². The highest BCUT2D eigenvalue weighted by atomic mass is 19.4. The zero-order valence-corrected chi connectivity index (χ0v) is 14.7. The van der Waals surface area contributed by atoms with E-state index in [9.17, 15) is 18.0 Å². The predicted octanol–water partition coefficient (Wildman–Crippen LogP) is 3.93. The van der Waals surface area contributed by atoms with E-state index in [1.807, 2.05) is 0 Å². The highest BCUT2D eigenvalue weighted by Gasteiger charge is 2.31. The van der Waals surface area contributed by atoms with Gasteiger partial charge in [0.2, 0.25) is 0 Å². The second kappa shape index (κ2) is 6.82. The molecule has 3 rings (SSSR count). The fourth-order valence-electron chi connectivity index (χ4n) is 2.69. The monoisotopic (exact) mass is 379 g/mol. The highest BCUT2D eigenvalue weighted by molar-refractivity contribution is 6.05. The number of amides is 1. The van der Waals surface area contributed by atoms with E-state index >= 15 is 0 Å². The normalized spacial score (nSPS) is 11.5. The molecule has 0 saturated carbocycles. The van der Waals surface area contributed by atoms with Gasteiger partial charge in [-0.15, -0.1) is 0 Å². The molecule has 0 atom stereocenters. The Morgan fingerprint density at radius 3 is 2.52 bits per heavy atom. The molecule has 0 aliphatic carbocycles. The number of aryl methyl sites for hydroxylation is 1. The van der Waals surface area contributed by atoms with Gasteiger partial charge >= 0.3 is 6.18 Å². The Morgan fingerprint density at radius 1 is 1.15 bits per heavy atom. The molecular formula is C18H16F3N3O3. The Bertz CT molecular complexity index is 1010. The van der Waals surface area contributed by atoms with Crippen molar-refractivity contribution in [2.45, 2.75) is 13.1 Å². The lowest BCUT2D eigenvalue weighted by molar-refractivity contribution is -0.137. The first kappa shape index (κ1) is 18.6. The smallest absolute Gasteiger partial charge is 0.417 e. The quantitative estimate of drug-likeness (QED) is 0.746. The number of rotatable bonds is 4. The number of carbonyl (C=O) groups is 1. The SMILES string of the molecule is COc1ccc(NC(=O)c2c(C)nc3ccc(C(F)(F)F)cn23)c(OC)c1. The maximum Gasteiger partial charge on any atom is 0.417 e. The van der Waals surface area contributed by atoms with Crippen molar-refractivity contribution in [3.8, 4) is 11.5 Å². The molecule has 142 valence electrons. The molecule has 6 nitrogen and oxygen atoms in total. The number of hydrogen-bond donors (Lipinski definition) is 1. The van der Waals surface area contributed by atoms with Crippen LogP contribution in [0.5, 0.6) is 11.5 Å². The minimum absolute atomic E-state index is 0.00831. The maximum absolute atomic E-state index is 13.0. The first-order chi connectivity index (χ1) is 12.7. The van der Waals surface area contributed by atoms with Crippen molar-refractivity contribution in [2.24, 2.45) is 0 Å². The van der Waals surface area contributed by atoms with Crippen molar-refractivity contribution in [2.75, 3.05) is 19.5 Å². The highest BCUT2D eigenvalue weighted by Crippen LogP contribution is 2.31. The van der Waals surface area contributed by atoms with Gasteiger partial charge in [-0.2, -0.15) is 13.2 Å². The van der Waals surface area contributed by atoms with Gasteiger partial charge in [-0.3, -0.25) is 9.20 Å². The van der Waals surface area contributed by atoms with Gasteiger partial charge in [0.15, 0.2) is 0 Å². The number of ether oxygens (including phenoxy) is 2. The fraction of sp³-hybridized carbons (Fsp3) is 0.222. The van der Waals surface area contributed by atoms with Crippen LogP contribution >= 0.6 is 0 Å². The number of imidazole rings is 1. The summed E-state index contributed by atoms with van der Waals surface area (Å²) in [5.41, 5.74) is 0.0359. The van der Waals surface area contributed by atoms with Crippen molar-refractivity contribution in [3.63, 3.8) is 0 Å². The van der Waals surface area contributed by atoms with Gasteiger partial charge in [0, 0.05) is 12.3 Å². The summed E-state index contributed by atoms with van der Waals surface area (Å²) in [6.45, 7) is 1.56. The number of fused-ring (bicyclic) bond motifs is 1.